The minimum atomic E-state index is -0.200. The maximum absolute atomic E-state index is 12.2. The van der Waals surface area contributed by atoms with Crippen LogP contribution in [-0.4, -0.2) is 17.0 Å². The lowest BCUT2D eigenvalue weighted by Gasteiger charge is -2.61. The molecule has 4 fully saturated rings. The van der Waals surface area contributed by atoms with Gasteiger partial charge in [0.25, 0.3) is 0 Å². The van der Waals surface area contributed by atoms with Gasteiger partial charge in [-0.3, -0.25) is 4.79 Å². The maximum Gasteiger partial charge on any atom is 0.133 e. The molecule has 0 aromatic carbocycles. The number of rotatable bonds is 5. The molecule has 1 unspecified atom stereocenters. The highest BCUT2D eigenvalue weighted by Crippen LogP contribution is 2.68. The fourth-order valence-corrected chi connectivity index (χ4v) is 9.20. The molecule has 2 nitrogen and oxygen atoms in total. The van der Waals surface area contributed by atoms with E-state index in [4.69, 9.17) is 0 Å². The predicted octanol–water partition coefficient (Wildman–Crippen LogP) is 7.06. The molecule has 31 heavy (non-hydrogen) atoms. The first kappa shape index (κ1) is 23.5. The number of aliphatic hydroxyl groups excluding tert-OH is 1. The van der Waals surface area contributed by atoms with Crippen LogP contribution in [-0.2, 0) is 4.79 Å². The molecular formula is C29H48O2. The van der Waals surface area contributed by atoms with Crippen molar-refractivity contribution in [2.75, 3.05) is 0 Å². The Hall–Kier alpha value is -0.630. The predicted molar refractivity (Wildman–Crippen MR) is 129 cm³/mol. The Morgan fingerprint density at radius 3 is 2.42 bits per heavy atom. The Bertz CT molecular complexity index is 695. The van der Waals surface area contributed by atoms with Crippen molar-refractivity contribution in [1.29, 1.82) is 0 Å². The molecule has 4 saturated carbocycles. The van der Waals surface area contributed by atoms with Gasteiger partial charge in [0, 0.05) is 12.8 Å². The van der Waals surface area contributed by atoms with Crippen LogP contribution in [0.2, 0.25) is 0 Å². The summed E-state index contributed by atoms with van der Waals surface area (Å²) in [6, 6.07) is 0. The first-order valence-electron chi connectivity index (χ1n) is 13.5. The molecule has 0 radical (unpaired) electrons. The monoisotopic (exact) mass is 428 g/mol. The molecular weight excluding hydrogens is 380 g/mol. The van der Waals surface area contributed by atoms with Crippen molar-refractivity contribution in [2.24, 2.45) is 58.2 Å². The molecule has 0 bridgehead atoms. The van der Waals surface area contributed by atoms with E-state index < -0.39 is 0 Å². The Labute approximate surface area is 191 Å². The molecule has 2 heteroatoms. The third-order valence-electron chi connectivity index (χ3n) is 11.2. The van der Waals surface area contributed by atoms with Crippen molar-refractivity contribution >= 4 is 5.78 Å². The molecule has 176 valence electrons. The first-order valence-corrected chi connectivity index (χ1v) is 13.5. The Morgan fingerprint density at radius 1 is 1.03 bits per heavy atom. The van der Waals surface area contributed by atoms with E-state index in [1.54, 1.807) is 0 Å². The van der Waals surface area contributed by atoms with Crippen LogP contribution < -0.4 is 0 Å². The summed E-state index contributed by atoms with van der Waals surface area (Å²) in [7, 11) is 0. The summed E-state index contributed by atoms with van der Waals surface area (Å²) in [5.74, 6) is 5.33. The van der Waals surface area contributed by atoms with E-state index in [-0.39, 0.29) is 11.5 Å². The minimum absolute atomic E-state index is 0.200. The molecule has 0 heterocycles. The van der Waals surface area contributed by atoms with Gasteiger partial charge in [-0.2, -0.15) is 0 Å². The molecule has 0 aromatic heterocycles. The van der Waals surface area contributed by atoms with Crippen LogP contribution in [0.3, 0.4) is 0 Å². The third-order valence-corrected chi connectivity index (χ3v) is 11.2. The topological polar surface area (TPSA) is 37.3 Å². The van der Waals surface area contributed by atoms with Gasteiger partial charge in [-0.15, -0.1) is 0 Å². The van der Waals surface area contributed by atoms with Gasteiger partial charge in [-0.1, -0.05) is 53.7 Å². The molecule has 0 aliphatic heterocycles. The summed E-state index contributed by atoms with van der Waals surface area (Å²) in [6.45, 7) is 14.5. The number of carbonyl (C=O) groups excluding carboxylic acids is 1. The number of hydrogen-bond acceptors (Lipinski definition) is 2. The highest BCUT2D eigenvalue weighted by molar-refractivity contribution is 5.79. The molecule has 0 aromatic rings. The lowest BCUT2D eigenvalue weighted by Crippen LogP contribution is -2.58. The minimum Gasteiger partial charge on any atom is -0.393 e. The summed E-state index contributed by atoms with van der Waals surface area (Å²) in [4.78, 5) is 12.2. The van der Waals surface area contributed by atoms with Crippen molar-refractivity contribution in [3.05, 3.63) is 12.2 Å². The molecule has 0 amide bonds. The zero-order valence-corrected chi connectivity index (χ0v) is 21.1. The summed E-state index contributed by atoms with van der Waals surface area (Å²) in [5, 5.41) is 11.4. The van der Waals surface area contributed by atoms with Gasteiger partial charge in [0.15, 0.2) is 0 Å². The smallest absolute Gasteiger partial charge is 0.133 e. The lowest BCUT2D eigenvalue weighted by molar-refractivity contribution is -0.168. The summed E-state index contributed by atoms with van der Waals surface area (Å²) in [5.41, 5.74) is 0.632. The van der Waals surface area contributed by atoms with Gasteiger partial charge < -0.3 is 5.11 Å². The van der Waals surface area contributed by atoms with E-state index in [0.29, 0.717) is 52.6 Å². The van der Waals surface area contributed by atoms with Crippen molar-refractivity contribution in [1.82, 2.24) is 0 Å². The zero-order valence-electron chi connectivity index (χ0n) is 21.1. The summed E-state index contributed by atoms with van der Waals surface area (Å²) in [6.07, 6.45) is 14.7. The summed E-state index contributed by atoms with van der Waals surface area (Å²) >= 11 is 0. The van der Waals surface area contributed by atoms with E-state index in [0.717, 1.165) is 31.6 Å². The second-order valence-electron chi connectivity index (χ2n) is 12.8. The molecule has 4 aliphatic rings. The second-order valence-corrected chi connectivity index (χ2v) is 12.8. The number of hydrogen-bond donors (Lipinski definition) is 1. The lowest BCUT2D eigenvalue weighted by atomic mass is 9.44. The quantitative estimate of drug-likeness (QED) is 0.476. The van der Waals surface area contributed by atoms with Gasteiger partial charge >= 0.3 is 0 Å². The number of fused-ring (bicyclic) bond motifs is 5. The van der Waals surface area contributed by atoms with Crippen molar-refractivity contribution in [2.45, 2.75) is 105 Å². The van der Waals surface area contributed by atoms with Crippen LogP contribution >= 0.6 is 0 Å². The van der Waals surface area contributed by atoms with Gasteiger partial charge in [0.1, 0.15) is 5.78 Å². The number of aliphatic hydroxyl groups is 1. The average Bonchev–Trinajstić information content (AvgIpc) is 3.06. The van der Waals surface area contributed by atoms with Crippen molar-refractivity contribution < 1.29 is 9.90 Å². The second kappa shape index (κ2) is 8.62. The van der Waals surface area contributed by atoms with Gasteiger partial charge in [-0.25, -0.2) is 0 Å². The van der Waals surface area contributed by atoms with E-state index in [2.05, 4.69) is 53.7 Å². The summed E-state index contributed by atoms with van der Waals surface area (Å²) < 4.78 is 0. The van der Waals surface area contributed by atoms with Crippen LogP contribution in [0.1, 0.15) is 99.3 Å². The highest BCUT2D eigenvalue weighted by atomic mass is 16.3. The van der Waals surface area contributed by atoms with E-state index in [1.165, 1.54) is 32.1 Å². The zero-order chi connectivity index (χ0) is 22.6. The van der Waals surface area contributed by atoms with Gasteiger partial charge in [-0.05, 0) is 103 Å². The van der Waals surface area contributed by atoms with Crippen LogP contribution in [0.5, 0.6) is 0 Å². The molecule has 4 rings (SSSR count). The molecule has 0 spiro atoms. The average molecular weight is 429 g/mol. The van der Waals surface area contributed by atoms with E-state index in [1.807, 2.05) is 0 Å². The van der Waals surface area contributed by atoms with Gasteiger partial charge in [0.2, 0.25) is 0 Å². The van der Waals surface area contributed by atoms with Crippen molar-refractivity contribution in [3.8, 4) is 0 Å². The van der Waals surface area contributed by atoms with E-state index in [9.17, 15) is 9.90 Å². The largest absolute Gasteiger partial charge is 0.393 e. The van der Waals surface area contributed by atoms with Crippen LogP contribution in [0.25, 0.3) is 0 Å². The fourth-order valence-electron chi connectivity index (χ4n) is 9.20. The van der Waals surface area contributed by atoms with Crippen LogP contribution in [0.4, 0.5) is 0 Å². The standard InChI is InChI=1S/C29H48O2/c1-7-20(18(2)3)9-8-19(4)23-10-11-24-27-25(13-15-29(23,24)6)28(5)14-12-22(30)16-21(28)17-26(27)31/h8-9,18-21,23-27,31H,7,10-17H2,1-6H3/b9-8+/t19-,20?,21-,23-,24+,25+,26-,27+,28+,29-/m1/s1. The Balaban J connectivity index is 1.54. The molecule has 10 atom stereocenters. The van der Waals surface area contributed by atoms with Gasteiger partial charge in [0.05, 0.1) is 6.10 Å². The van der Waals surface area contributed by atoms with E-state index >= 15 is 0 Å². The Morgan fingerprint density at radius 2 is 1.74 bits per heavy atom. The molecule has 1 N–H and O–H groups in total. The number of carbonyl (C=O) groups is 1. The highest BCUT2D eigenvalue weighted by Gasteiger charge is 2.62. The van der Waals surface area contributed by atoms with Crippen LogP contribution in [0, 0.1) is 58.2 Å². The fraction of sp³-hybridized carbons (Fsp3) is 0.897. The number of Topliss-reactive ketones (excluding diaryl/α,β-unsaturated/α-hetero) is 1. The number of allylic oxidation sites excluding steroid dienone is 2. The van der Waals surface area contributed by atoms with Crippen LogP contribution in [0.15, 0.2) is 12.2 Å². The molecule has 0 saturated heterocycles. The normalized spacial score (nSPS) is 47.2. The third kappa shape index (κ3) is 3.87. The first-order chi connectivity index (χ1) is 14.6. The Kier molecular flexibility index (Phi) is 6.54. The van der Waals surface area contributed by atoms with Crippen molar-refractivity contribution in [3.63, 3.8) is 0 Å². The SMILES string of the molecule is CCC(/C=C/[C@@H](C)[C@H]1CC[C@H]2[C@@H]3[C@H](O)C[C@H]4CC(=O)CC[C@]4(C)[C@H]3CC[C@]12C)C(C)C. The maximum atomic E-state index is 12.2. The number of ketones is 1. The molecule has 4 aliphatic carbocycles.